The lowest BCUT2D eigenvalue weighted by Crippen LogP contribution is -2.42. The molecule has 0 aromatic carbocycles. The number of sulfonamides is 1. The van der Waals surface area contributed by atoms with Crippen LogP contribution in [-0.4, -0.2) is 41.7 Å². The molecule has 0 radical (unpaired) electrons. The molecular weight excluding hydrogens is 279 g/mol. The van der Waals surface area contributed by atoms with Gasteiger partial charge in [-0.1, -0.05) is 0 Å². The molecule has 1 aromatic heterocycles. The largest absolute Gasteiger partial charge is 0.481 e. The second-order valence-electron chi connectivity index (χ2n) is 4.23. The van der Waals surface area contributed by atoms with Crippen molar-refractivity contribution < 1.29 is 27.8 Å². The van der Waals surface area contributed by atoms with Crippen LogP contribution in [0.25, 0.3) is 0 Å². The zero-order chi connectivity index (χ0) is 14.7. The van der Waals surface area contributed by atoms with Gasteiger partial charge in [-0.25, -0.2) is 17.5 Å². The van der Waals surface area contributed by atoms with Gasteiger partial charge in [0.15, 0.2) is 0 Å². The number of hydrogen-bond acceptors (Lipinski definition) is 5. The third-order valence-corrected chi connectivity index (χ3v) is 3.53. The molecule has 0 saturated heterocycles. The van der Waals surface area contributed by atoms with Gasteiger partial charge in [-0.05, 0) is 13.0 Å². The first-order valence-electron chi connectivity index (χ1n) is 5.17. The Morgan fingerprint density at radius 2 is 2.16 bits per heavy atom. The van der Waals surface area contributed by atoms with Crippen molar-refractivity contribution in [1.82, 2.24) is 9.71 Å². The maximum Gasteiger partial charge on any atom is 0.306 e. The van der Waals surface area contributed by atoms with Crippen LogP contribution in [0.5, 0.6) is 0 Å². The Balaban J connectivity index is 2.79. The molecule has 106 valence electrons. The molecule has 0 fully saturated rings. The summed E-state index contributed by atoms with van der Waals surface area (Å²) < 4.78 is 38.3. The third kappa shape index (κ3) is 4.89. The Kier molecular flexibility index (Phi) is 4.56. The molecule has 1 aromatic rings. The minimum Gasteiger partial charge on any atom is -0.481 e. The fourth-order valence-electron chi connectivity index (χ4n) is 1.26. The van der Waals surface area contributed by atoms with Crippen LogP contribution < -0.4 is 4.72 Å². The first-order valence-corrected chi connectivity index (χ1v) is 6.65. The average Bonchev–Trinajstić information content (AvgIpc) is 2.25. The van der Waals surface area contributed by atoms with E-state index in [1.54, 1.807) is 0 Å². The lowest BCUT2D eigenvalue weighted by Gasteiger charge is -2.21. The van der Waals surface area contributed by atoms with Gasteiger partial charge in [-0.2, -0.15) is 0 Å². The number of rotatable bonds is 6. The lowest BCUT2D eigenvalue weighted by molar-refractivity contribution is -0.141. The molecule has 1 atom stereocenters. The Hall–Kier alpha value is -1.58. The molecular formula is C10H13FN2O5S. The van der Waals surface area contributed by atoms with E-state index in [0.29, 0.717) is 0 Å². The number of aromatic nitrogens is 1. The Labute approximate surface area is 109 Å². The topological polar surface area (TPSA) is 117 Å². The van der Waals surface area contributed by atoms with Crippen molar-refractivity contribution in [2.24, 2.45) is 0 Å². The van der Waals surface area contributed by atoms with Crippen LogP contribution >= 0.6 is 0 Å². The van der Waals surface area contributed by atoms with E-state index in [9.17, 15) is 22.7 Å². The minimum atomic E-state index is -4.06. The number of carboxylic acid groups (broad SMARTS) is 1. The molecule has 0 aliphatic rings. The maximum atomic E-state index is 12.9. The summed E-state index contributed by atoms with van der Waals surface area (Å²) in [7, 11) is -4.06. The van der Waals surface area contributed by atoms with Gasteiger partial charge in [0, 0.05) is 12.7 Å². The summed E-state index contributed by atoms with van der Waals surface area (Å²) >= 11 is 0. The quantitative estimate of drug-likeness (QED) is 0.664. The van der Waals surface area contributed by atoms with E-state index in [0.717, 1.165) is 18.5 Å². The normalized spacial score (nSPS) is 14.9. The first-order chi connectivity index (χ1) is 8.62. The molecule has 0 bridgehead atoms. The first kappa shape index (κ1) is 15.5. The summed E-state index contributed by atoms with van der Waals surface area (Å²) in [5.74, 6) is -2.09. The van der Waals surface area contributed by atoms with Crippen molar-refractivity contribution in [3.8, 4) is 0 Å². The highest BCUT2D eigenvalue weighted by molar-refractivity contribution is 7.89. The van der Waals surface area contributed by atoms with Gasteiger partial charge in [0.1, 0.15) is 10.7 Å². The van der Waals surface area contributed by atoms with E-state index in [4.69, 9.17) is 5.11 Å². The fraction of sp³-hybridized carbons (Fsp3) is 0.400. The van der Waals surface area contributed by atoms with Gasteiger partial charge < -0.3 is 10.2 Å². The predicted molar refractivity (Wildman–Crippen MR) is 62.3 cm³/mol. The van der Waals surface area contributed by atoms with Gasteiger partial charge in [-0.3, -0.25) is 9.78 Å². The van der Waals surface area contributed by atoms with E-state index >= 15 is 0 Å². The summed E-state index contributed by atoms with van der Waals surface area (Å²) in [6.07, 6.45) is 1.16. The molecule has 0 amide bonds. The van der Waals surface area contributed by atoms with Crippen LogP contribution in [0, 0.1) is 5.82 Å². The molecule has 0 aliphatic heterocycles. The molecule has 0 saturated carbocycles. The molecule has 0 spiro atoms. The van der Waals surface area contributed by atoms with Gasteiger partial charge in [0.2, 0.25) is 10.0 Å². The molecule has 3 N–H and O–H groups in total. The van der Waals surface area contributed by atoms with Crippen LogP contribution in [-0.2, 0) is 14.8 Å². The summed E-state index contributed by atoms with van der Waals surface area (Å²) in [6.45, 7) is 0.658. The predicted octanol–water partition coefficient (Wildman–Crippen LogP) is -0.275. The number of carbonyl (C=O) groups is 1. The van der Waals surface area contributed by atoms with Crippen LogP contribution in [0.1, 0.15) is 13.3 Å². The van der Waals surface area contributed by atoms with E-state index in [2.05, 4.69) is 4.98 Å². The average molecular weight is 292 g/mol. The number of pyridine rings is 1. The standard InChI is InChI=1S/C10H13FN2O5S/c1-10(16,3-9(14)15)6-13-19(17,18)8-2-7(11)4-12-5-8/h2,4-5,13,16H,3,6H2,1H3,(H,14,15). The smallest absolute Gasteiger partial charge is 0.306 e. The number of aliphatic hydroxyl groups is 1. The highest BCUT2D eigenvalue weighted by Gasteiger charge is 2.27. The number of nitrogens with zero attached hydrogens (tertiary/aromatic N) is 1. The molecule has 1 rings (SSSR count). The van der Waals surface area contributed by atoms with E-state index in [1.165, 1.54) is 6.92 Å². The van der Waals surface area contributed by atoms with Crippen molar-refractivity contribution in [2.45, 2.75) is 23.8 Å². The minimum absolute atomic E-state index is 0.404. The maximum absolute atomic E-state index is 12.9. The molecule has 1 heterocycles. The lowest BCUT2D eigenvalue weighted by atomic mass is 10.0. The molecule has 9 heteroatoms. The molecule has 19 heavy (non-hydrogen) atoms. The van der Waals surface area contributed by atoms with E-state index in [-0.39, 0.29) is 0 Å². The monoisotopic (exact) mass is 292 g/mol. The Bertz CT molecular complexity index is 573. The van der Waals surface area contributed by atoms with Gasteiger partial charge in [0.25, 0.3) is 0 Å². The molecule has 7 nitrogen and oxygen atoms in total. The van der Waals surface area contributed by atoms with E-state index in [1.807, 2.05) is 4.72 Å². The van der Waals surface area contributed by atoms with Crippen molar-refractivity contribution in [1.29, 1.82) is 0 Å². The van der Waals surface area contributed by atoms with Crippen molar-refractivity contribution >= 4 is 16.0 Å². The Morgan fingerprint density at radius 1 is 1.53 bits per heavy atom. The van der Waals surface area contributed by atoms with Gasteiger partial charge in [0.05, 0.1) is 18.2 Å². The highest BCUT2D eigenvalue weighted by Crippen LogP contribution is 2.12. The number of aliphatic carboxylic acids is 1. The van der Waals surface area contributed by atoms with Crippen molar-refractivity contribution in [2.75, 3.05) is 6.54 Å². The van der Waals surface area contributed by atoms with Crippen LogP contribution in [0.2, 0.25) is 0 Å². The van der Waals surface area contributed by atoms with Crippen molar-refractivity contribution in [3.63, 3.8) is 0 Å². The third-order valence-electron chi connectivity index (χ3n) is 2.17. The number of hydrogen-bond donors (Lipinski definition) is 3. The summed E-state index contributed by atoms with van der Waals surface area (Å²) in [6, 6.07) is 0.765. The van der Waals surface area contributed by atoms with Gasteiger partial charge >= 0.3 is 5.97 Å². The number of carboxylic acids is 1. The van der Waals surface area contributed by atoms with Crippen LogP contribution in [0.15, 0.2) is 23.4 Å². The summed E-state index contributed by atoms with van der Waals surface area (Å²) in [5, 5.41) is 18.2. The molecule has 0 aliphatic carbocycles. The fourth-order valence-corrected chi connectivity index (χ4v) is 2.40. The van der Waals surface area contributed by atoms with Gasteiger partial charge in [-0.15, -0.1) is 0 Å². The zero-order valence-corrected chi connectivity index (χ0v) is 10.8. The zero-order valence-electron chi connectivity index (χ0n) is 10.00. The second-order valence-corrected chi connectivity index (χ2v) is 6.00. The molecule has 1 unspecified atom stereocenters. The number of nitrogens with one attached hydrogen (secondary N) is 1. The second kappa shape index (κ2) is 5.59. The summed E-state index contributed by atoms with van der Waals surface area (Å²) in [4.78, 5) is 13.4. The SMILES string of the molecule is CC(O)(CNS(=O)(=O)c1cncc(F)c1)CC(=O)O. The van der Waals surface area contributed by atoms with Crippen LogP contribution in [0.4, 0.5) is 4.39 Å². The highest BCUT2D eigenvalue weighted by atomic mass is 32.2. The Morgan fingerprint density at radius 3 is 2.68 bits per heavy atom. The van der Waals surface area contributed by atoms with E-state index < -0.39 is 45.3 Å². The van der Waals surface area contributed by atoms with Crippen LogP contribution in [0.3, 0.4) is 0 Å². The number of halogens is 1. The summed E-state index contributed by atoms with van der Waals surface area (Å²) in [5.41, 5.74) is -1.75. The van der Waals surface area contributed by atoms with Crippen molar-refractivity contribution in [3.05, 3.63) is 24.3 Å².